The first-order valence-corrected chi connectivity index (χ1v) is 11.5. The molecule has 1 amide bonds. The molecule has 0 bridgehead atoms. The molecule has 2 aromatic rings. The summed E-state index contributed by atoms with van der Waals surface area (Å²) in [5.41, 5.74) is 9.91. The van der Waals surface area contributed by atoms with Gasteiger partial charge in [-0.15, -0.1) is 0 Å². The van der Waals surface area contributed by atoms with Crippen LogP contribution >= 0.6 is 0 Å². The minimum Gasteiger partial charge on any atom is -0.398 e. The summed E-state index contributed by atoms with van der Waals surface area (Å²) in [5, 5.41) is 8.49. The van der Waals surface area contributed by atoms with Gasteiger partial charge in [-0.3, -0.25) is 9.48 Å². The van der Waals surface area contributed by atoms with Crippen LogP contribution in [0.1, 0.15) is 61.0 Å². The summed E-state index contributed by atoms with van der Waals surface area (Å²) in [6.07, 6.45) is 1.84. The Morgan fingerprint density at radius 3 is 2.72 bits per heavy atom. The maximum atomic E-state index is 13.6. The summed E-state index contributed by atoms with van der Waals surface area (Å²) in [6, 6.07) is 3.55. The number of benzene rings is 1. The van der Waals surface area contributed by atoms with Gasteiger partial charge in [-0.1, -0.05) is 0 Å². The van der Waals surface area contributed by atoms with Gasteiger partial charge in [-0.2, -0.15) is 5.10 Å². The van der Waals surface area contributed by atoms with Crippen molar-refractivity contribution in [1.82, 2.24) is 20.0 Å². The van der Waals surface area contributed by atoms with E-state index in [1.807, 2.05) is 4.90 Å². The van der Waals surface area contributed by atoms with Crippen LogP contribution in [0.4, 0.5) is 26.0 Å². The number of carbonyl (C=O) groups is 1. The molecule has 3 aliphatic heterocycles. The number of nitrogens with two attached hydrogens (primary N) is 1. The van der Waals surface area contributed by atoms with Crippen LogP contribution in [0.25, 0.3) is 0 Å². The Balaban J connectivity index is 1.62. The van der Waals surface area contributed by atoms with Crippen LogP contribution in [0.3, 0.4) is 0 Å². The largest absolute Gasteiger partial charge is 0.398 e. The highest BCUT2D eigenvalue weighted by Crippen LogP contribution is 2.42. The van der Waals surface area contributed by atoms with Crippen molar-refractivity contribution in [3.8, 4) is 0 Å². The van der Waals surface area contributed by atoms with E-state index in [2.05, 4.69) is 14.9 Å². The van der Waals surface area contributed by atoms with Crippen molar-refractivity contribution in [2.75, 3.05) is 36.8 Å². The Morgan fingerprint density at radius 1 is 1.22 bits per heavy atom. The lowest BCUT2D eigenvalue weighted by atomic mass is 9.97. The van der Waals surface area contributed by atoms with Gasteiger partial charge in [0.15, 0.2) is 5.82 Å². The summed E-state index contributed by atoms with van der Waals surface area (Å²) in [6.45, 7) is 5.40. The third-order valence-electron chi connectivity index (χ3n) is 7.06. The maximum absolute atomic E-state index is 13.6. The fourth-order valence-corrected chi connectivity index (χ4v) is 5.34. The lowest BCUT2D eigenvalue weighted by Gasteiger charge is -2.33. The fraction of sp³-hybridized carbons (Fsp3) is 0.565. The third kappa shape index (κ3) is 3.62. The Morgan fingerprint density at radius 2 is 2.00 bits per heavy atom. The number of amides is 1. The number of hydrogen-bond acceptors (Lipinski definition) is 5. The number of aryl methyl sites for hydroxylation is 1. The van der Waals surface area contributed by atoms with Gasteiger partial charge in [0.05, 0.1) is 12.6 Å². The quantitative estimate of drug-likeness (QED) is 0.710. The summed E-state index contributed by atoms with van der Waals surface area (Å²) >= 11 is 0. The van der Waals surface area contributed by atoms with Gasteiger partial charge in [0.2, 0.25) is 5.91 Å². The molecule has 0 radical (unpaired) electrons. The van der Waals surface area contributed by atoms with Crippen molar-refractivity contribution in [3.63, 3.8) is 0 Å². The van der Waals surface area contributed by atoms with Gasteiger partial charge in [0, 0.05) is 54.6 Å². The highest BCUT2D eigenvalue weighted by atomic mass is 19.3. The first-order valence-electron chi connectivity index (χ1n) is 11.5. The highest BCUT2D eigenvalue weighted by Gasteiger charge is 2.33. The Labute approximate surface area is 186 Å². The van der Waals surface area contributed by atoms with Crippen molar-refractivity contribution in [2.45, 2.75) is 58.0 Å². The third-order valence-corrected chi connectivity index (χ3v) is 7.06. The van der Waals surface area contributed by atoms with Gasteiger partial charge < -0.3 is 20.9 Å². The second-order valence-corrected chi connectivity index (χ2v) is 9.03. The average Bonchev–Trinajstić information content (AvgIpc) is 3.17. The number of fused-ring (bicyclic) bond motifs is 2. The predicted octanol–water partition coefficient (Wildman–Crippen LogP) is 3.32. The molecule has 0 unspecified atom stereocenters. The average molecular weight is 445 g/mol. The maximum Gasteiger partial charge on any atom is 0.265 e. The summed E-state index contributed by atoms with van der Waals surface area (Å²) in [4.78, 5) is 16.1. The van der Waals surface area contributed by atoms with Gasteiger partial charge in [0.25, 0.3) is 6.43 Å². The van der Waals surface area contributed by atoms with E-state index < -0.39 is 6.43 Å². The van der Waals surface area contributed by atoms with Gasteiger partial charge in [-0.25, -0.2) is 8.78 Å². The number of aromatic nitrogens is 2. The molecule has 7 nitrogen and oxygen atoms in total. The molecular weight excluding hydrogens is 414 g/mol. The molecule has 9 heteroatoms. The number of rotatable bonds is 3. The van der Waals surface area contributed by atoms with E-state index in [-0.39, 0.29) is 17.2 Å². The normalized spacial score (nSPS) is 19.2. The van der Waals surface area contributed by atoms with Crippen molar-refractivity contribution >= 4 is 23.1 Å². The zero-order chi connectivity index (χ0) is 22.4. The van der Waals surface area contributed by atoms with Crippen LogP contribution in [0.5, 0.6) is 0 Å². The number of carbonyl (C=O) groups excluding carboxylic acids is 1. The van der Waals surface area contributed by atoms with Crippen molar-refractivity contribution < 1.29 is 13.6 Å². The monoisotopic (exact) mass is 444 g/mol. The van der Waals surface area contributed by atoms with E-state index in [1.165, 1.54) is 11.8 Å². The molecule has 3 aliphatic rings. The SMILES string of the molecule is CC(=O)N1CCc2c(c(N3CCCc4cc(N)c(C(F)F)cc43)nn2C2CCNCC2)C1. The smallest absolute Gasteiger partial charge is 0.265 e. The van der Waals surface area contributed by atoms with Crippen molar-refractivity contribution in [2.24, 2.45) is 0 Å². The summed E-state index contributed by atoms with van der Waals surface area (Å²) in [5.74, 6) is 0.846. The molecular formula is C23H30F2N6O. The van der Waals surface area contributed by atoms with Crippen LogP contribution in [0.15, 0.2) is 12.1 Å². The van der Waals surface area contributed by atoms with Crippen LogP contribution in [-0.2, 0) is 24.2 Å². The summed E-state index contributed by atoms with van der Waals surface area (Å²) in [7, 11) is 0. The van der Waals surface area contributed by atoms with E-state index in [0.717, 1.165) is 67.8 Å². The summed E-state index contributed by atoms with van der Waals surface area (Å²) < 4.78 is 29.4. The molecule has 0 aliphatic carbocycles. The second kappa shape index (κ2) is 8.35. The second-order valence-electron chi connectivity index (χ2n) is 9.03. The molecule has 0 atom stereocenters. The van der Waals surface area contributed by atoms with Crippen LogP contribution in [0.2, 0.25) is 0 Å². The molecule has 1 aromatic carbocycles. The predicted molar refractivity (Wildman–Crippen MR) is 119 cm³/mol. The minimum atomic E-state index is -2.63. The molecule has 4 heterocycles. The van der Waals surface area contributed by atoms with E-state index in [9.17, 15) is 13.6 Å². The van der Waals surface area contributed by atoms with Crippen LogP contribution in [-0.4, -0.2) is 46.8 Å². The van der Waals surface area contributed by atoms with Crippen molar-refractivity contribution in [1.29, 1.82) is 0 Å². The molecule has 5 rings (SSSR count). The molecule has 0 saturated carbocycles. The first-order chi connectivity index (χ1) is 15.4. The highest BCUT2D eigenvalue weighted by molar-refractivity contribution is 5.76. The number of piperidine rings is 1. The zero-order valence-corrected chi connectivity index (χ0v) is 18.4. The molecule has 32 heavy (non-hydrogen) atoms. The number of nitrogens with one attached hydrogen (secondary N) is 1. The van der Waals surface area contributed by atoms with Gasteiger partial charge in [-0.05, 0) is 56.5 Å². The van der Waals surface area contributed by atoms with E-state index in [4.69, 9.17) is 10.8 Å². The van der Waals surface area contributed by atoms with Gasteiger partial charge >= 0.3 is 0 Å². The van der Waals surface area contributed by atoms with Crippen molar-refractivity contribution in [3.05, 3.63) is 34.5 Å². The Bertz CT molecular complexity index is 1030. The number of hydrogen-bond donors (Lipinski definition) is 2. The van der Waals surface area contributed by atoms with E-state index >= 15 is 0 Å². The number of alkyl halides is 2. The lowest BCUT2D eigenvalue weighted by molar-refractivity contribution is -0.129. The fourth-order valence-electron chi connectivity index (χ4n) is 5.34. The molecule has 1 aromatic heterocycles. The topological polar surface area (TPSA) is 79.4 Å². The molecule has 1 fully saturated rings. The Kier molecular flexibility index (Phi) is 5.53. The lowest BCUT2D eigenvalue weighted by Crippen LogP contribution is -2.36. The van der Waals surface area contributed by atoms with Gasteiger partial charge in [0.1, 0.15) is 0 Å². The number of halogens is 2. The molecule has 1 saturated heterocycles. The minimum absolute atomic E-state index is 0.0445. The zero-order valence-electron chi connectivity index (χ0n) is 18.4. The molecule has 172 valence electrons. The molecule has 3 N–H and O–H groups in total. The van der Waals surface area contributed by atoms with Crippen LogP contribution < -0.4 is 16.0 Å². The number of anilines is 3. The van der Waals surface area contributed by atoms with Crippen LogP contribution in [0, 0.1) is 0 Å². The molecule has 0 spiro atoms. The van der Waals surface area contributed by atoms with E-state index in [1.54, 1.807) is 13.0 Å². The standard InChI is InChI=1S/C23H30F2N6O/c1-14(32)29-10-6-20-18(13-29)23(28-31(20)16-4-7-27-8-5-16)30-9-2-3-15-11-19(26)17(22(24)25)12-21(15)30/h11-12,16,22,27H,2-10,13,26H2,1H3. The van der Waals surface area contributed by atoms with E-state index in [0.29, 0.717) is 25.7 Å². The number of nitrogens with zero attached hydrogens (tertiary/aromatic N) is 4. The Hall–Kier alpha value is -2.68. The number of nitrogen functional groups attached to an aromatic ring is 1. The first kappa shape index (κ1) is 21.2.